The molecule has 16 heavy (non-hydrogen) atoms. The molecular weight excluding hydrogens is 202 g/mol. The van der Waals surface area contributed by atoms with Crippen molar-refractivity contribution in [3.8, 4) is 5.75 Å². The first-order valence-corrected chi connectivity index (χ1v) is 5.67. The molecule has 2 rings (SSSR count). The summed E-state index contributed by atoms with van der Waals surface area (Å²) < 4.78 is 10.8. The minimum atomic E-state index is 0.269. The summed E-state index contributed by atoms with van der Waals surface area (Å²) in [5.41, 5.74) is 2.70. The van der Waals surface area contributed by atoms with Gasteiger partial charge >= 0.3 is 0 Å². The van der Waals surface area contributed by atoms with Crippen molar-refractivity contribution < 1.29 is 9.47 Å². The SMILES string of the molecule is CNC1c2ccc(OC)cc2CCC1OC. The van der Waals surface area contributed by atoms with Crippen molar-refractivity contribution in [2.24, 2.45) is 0 Å². The van der Waals surface area contributed by atoms with Crippen LogP contribution >= 0.6 is 0 Å². The standard InChI is InChI=1S/C13H19NO2/c1-14-13-11-6-5-10(15-2)8-9(11)4-7-12(13)16-3/h5-6,8,12-14H,4,7H2,1-3H3. The lowest BCUT2D eigenvalue weighted by Gasteiger charge is -2.32. The lowest BCUT2D eigenvalue weighted by Crippen LogP contribution is -2.35. The van der Waals surface area contributed by atoms with Crippen LogP contribution in [0.5, 0.6) is 5.75 Å². The van der Waals surface area contributed by atoms with Gasteiger partial charge in [0.15, 0.2) is 0 Å². The number of methoxy groups -OCH3 is 2. The highest BCUT2D eigenvalue weighted by Gasteiger charge is 2.28. The van der Waals surface area contributed by atoms with E-state index in [1.165, 1.54) is 11.1 Å². The molecule has 0 saturated carbocycles. The summed E-state index contributed by atoms with van der Waals surface area (Å²) in [6, 6.07) is 6.58. The number of hydrogen-bond acceptors (Lipinski definition) is 3. The predicted molar refractivity (Wildman–Crippen MR) is 63.9 cm³/mol. The summed E-state index contributed by atoms with van der Waals surface area (Å²) in [6.45, 7) is 0. The Morgan fingerprint density at radius 3 is 2.75 bits per heavy atom. The van der Waals surface area contributed by atoms with E-state index in [1.54, 1.807) is 14.2 Å². The fraction of sp³-hybridized carbons (Fsp3) is 0.538. The summed E-state index contributed by atoms with van der Waals surface area (Å²) in [6.07, 6.45) is 2.39. The minimum Gasteiger partial charge on any atom is -0.497 e. The van der Waals surface area contributed by atoms with Gasteiger partial charge in [-0.1, -0.05) is 6.07 Å². The molecule has 0 saturated heterocycles. The molecule has 3 heteroatoms. The van der Waals surface area contributed by atoms with Crippen molar-refractivity contribution in [1.29, 1.82) is 0 Å². The van der Waals surface area contributed by atoms with Crippen molar-refractivity contribution in [3.05, 3.63) is 29.3 Å². The lowest BCUT2D eigenvalue weighted by molar-refractivity contribution is 0.0580. The summed E-state index contributed by atoms with van der Waals surface area (Å²) in [4.78, 5) is 0. The van der Waals surface area contributed by atoms with E-state index in [0.29, 0.717) is 6.04 Å². The molecule has 2 unspecified atom stereocenters. The van der Waals surface area contributed by atoms with E-state index in [9.17, 15) is 0 Å². The maximum atomic E-state index is 5.51. The third kappa shape index (κ3) is 1.93. The second-order valence-electron chi connectivity index (χ2n) is 4.14. The molecule has 88 valence electrons. The van der Waals surface area contributed by atoms with Gasteiger partial charge in [-0.05, 0) is 43.1 Å². The Kier molecular flexibility index (Phi) is 3.46. The molecule has 1 aromatic rings. The van der Waals surface area contributed by atoms with Crippen LogP contribution in [-0.2, 0) is 11.2 Å². The molecule has 0 aromatic heterocycles. The van der Waals surface area contributed by atoms with Gasteiger partial charge in [-0.15, -0.1) is 0 Å². The first-order chi connectivity index (χ1) is 7.80. The number of benzene rings is 1. The summed E-state index contributed by atoms with van der Waals surface area (Å²) in [7, 11) is 5.47. The molecule has 0 amide bonds. The molecule has 0 aliphatic heterocycles. The molecule has 1 aliphatic carbocycles. The van der Waals surface area contributed by atoms with E-state index in [1.807, 2.05) is 13.1 Å². The second kappa shape index (κ2) is 4.85. The average molecular weight is 221 g/mol. The monoisotopic (exact) mass is 221 g/mol. The maximum Gasteiger partial charge on any atom is 0.119 e. The largest absolute Gasteiger partial charge is 0.497 e. The molecule has 2 atom stereocenters. The molecule has 0 bridgehead atoms. The van der Waals surface area contributed by atoms with Gasteiger partial charge in [0.05, 0.1) is 19.3 Å². The number of fused-ring (bicyclic) bond motifs is 1. The van der Waals surface area contributed by atoms with Crippen LogP contribution in [-0.4, -0.2) is 27.4 Å². The minimum absolute atomic E-state index is 0.269. The van der Waals surface area contributed by atoms with Gasteiger partial charge in [0.1, 0.15) is 5.75 Å². The summed E-state index contributed by atoms with van der Waals surface area (Å²) in [5, 5.41) is 3.33. The van der Waals surface area contributed by atoms with Gasteiger partial charge in [0, 0.05) is 7.11 Å². The van der Waals surface area contributed by atoms with Crippen molar-refractivity contribution >= 4 is 0 Å². The number of ether oxygens (including phenoxy) is 2. The van der Waals surface area contributed by atoms with Crippen molar-refractivity contribution in [2.45, 2.75) is 25.0 Å². The van der Waals surface area contributed by atoms with Gasteiger partial charge in [-0.25, -0.2) is 0 Å². The van der Waals surface area contributed by atoms with Crippen molar-refractivity contribution in [3.63, 3.8) is 0 Å². The normalized spacial score (nSPS) is 23.9. The molecule has 0 heterocycles. The second-order valence-corrected chi connectivity index (χ2v) is 4.14. The molecule has 3 nitrogen and oxygen atoms in total. The zero-order chi connectivity index (χ0) is 11.5. The van der Waals surface area contributed by atoms with Crippen molar-refractivity contribution in [2.75, 3.05) is 21.3 Å². The van der Waals surface area contributed by atoms with Crippen LogP contribution in [0.15, 0.2) is 18.2 Å². The number of nitrogens with one attached hydrogen (secondary N) is 1. The Bertz CT molecular complexity index is 365. The van der Waals surface area contributed by atoms with Gasteiger partial charge in [-0.3, -0.25) is 0 Å². The van der Waals surface area contributed by atoms with Gasteiger partial charge in [-0.2, -0.15) is 0 Å². The van der Waals surface area contributed by atoms with E-state index in [0.717, 1.165) is 18.6 Å². The topological polar surface area (TPSA) is 30.5 Å². The van der Waals surface area contributed by atoms with Crippen LogP contribution in [0.4, 0.5) is 0 Å². The molecule has 1 aromatic carbocycles. The Balaban J connectivity index is 2.34. The first kappa shape index (κ1) is 11.4. The lowest BCUT2D eigenvalue weighted by atomic mass is 9.85. The van der Waals surface area contributed by atoms with E-state index >= 15 is 0 Å². The number of aryl methyl sites for hydroxylation is 1. The fourth-order valence-corrected chi connectivity index (χ4v) is 2.49. The fourth-order valence-electron chi connectivity index (χ4n) is 2.49. The highest BCUT2D eigenvalue weighted by Crippen LogP contribution is 2.33. The van der Waals surface area contributed by atoms with E-state index in [4.69, 9.17) is 9.47 Å². The Labute approximate surface area is 96.8 Å². The van der Waals surface area contributed by atoms with Crippen LogP contribution in [0.1, 0.15) is 23.6 Å². The third-order valence-electron chi connectivity index (χ3n) is 3.37. The predicted octanol–water partition coefficient (Wildman–Crippen LogP) is 1.92. The molecule has 1 N–H and O–H groups in total. The van der Waals surface area contributed by atoms with Crippen LogP contribution < -0.4 is 10.1 Å². The van der Waals surface area contributed by atoms with Gasteiger partial charge in [0.25, 0.3) is 0 Å². The van der Waals surface area contributed by atoms with Crippen molar-refractivity contribution in [1.82, 2.24) is 5.32 Å². The Morgan fingerprint density at radius 1 is 1.31 bits per heavy atom. The number of hydrogen-bond donors (Lipinski definition) is 1. The zero-order valence-corrected chi connectivity index (χ0v) is 10.1. The Hall–Kier alpha value is -1.06. The third-order valence-corrected chi connectivity index (χ3v) is 3.37. The summed E-state index contributed by atoms with van der Waals surface area (Å²) in [5.74, 6) is 0.935. The zero-order valence-electron chi connectivity index (χ0n) is 10.1. The highest BCUT2D eigenvalue weighted by molar-refractivity contribution is 5.39. The molecule has 1 aliphatic rings. The average Bonchev–Trinajstić information content (AvgIpc) is 2.36. The van der Waals surface area contributed by atoms with Gasteiger partial charge < -0.3 is 14.8 Å². The van der Waals surface area contributed by atoms with E-state index in [-0.39, 0.29) is 6.10 Å². The summed E-state index contributed by atoms with van der Waals surface area (Å²) >= 11 is 0. The van der Waals surface area contributed by atoms with E-state index < -0.39 is 0 Å². The molecule has 0 spiro atoms. The smallest absolute Gasteiger partial charge is 0.119 e. The molecular formula is C13H19NO2. The van der Waals surface area contributed by atoms with Gasteiger partial charge in [0.2, 0.25) is 0 Å². The molecule has 0 fully saturated rings. The number of likely N-dealkylation sites (N-methyl/N-ethyl adjacent to an activating group) is 1. The quantitative estimate of drug-likeness (QED) is 0.846. The maximum absolute atomic E-state index is 5.51. The number of rotatable bonds is 3. The van der Waals surface area contributed by atoms with Crippen LogP contribution in [0, 0.1) is 0 Å². The first-order valence-electron chi connectivity index (χ1n) is 5.67. The Morgan fingerprint density at radius 2 is 2.12 bits per heavy atom. The van der Waals surface area contributed by atoms with Crippen LogP contribution in [0.2, 0.25) is 0 Å². The van der Waals surface area contributed by atoms with Crippen LogP contribution in [0.25, 0.3) is 0 Å². The van der Waals surface area contributed by atoms with E-state index in [2.05, 4.69) is 17.4 Å². The van der Waals surface area contributed by atoms with Crippen LogP contribution in [0.3, 0.4) is 0 Å². The highest BCUT2D eigenvalue weighted by atomic mass is 16.5. The molecule has 0 radical (unpaired) electrons.